The summed E-state index contributed by atoms with van der Waals surface area (Å²) >= 11 is 0. The van der Waals surface area contributed by atoms with E-state index < -0.39 is 17.1 Å². The lowest BCUT2D eigenvalue weighted by atomic mass is 10.00. The Hall–Kier alpha value is -1.70. The van der Waals surface area contributed by atoms with E-state index in [9.17, 15) is 20.3 Å². The average Bonchev–Trinajstić information content (AvgIpc) is 2.27. The molecule has 1 aromatic rings. The number of nitrogens with two attached hydrogens (primary N) is 1. The highest BCUT2D eigenvalue weighted by Gasteiger charge is 2.26. The lowest BCUT2D eigenvalue weighted by Gasteiger charge is -2.17. The number of rotatable bonds is 5. The van der Waals surface area contributed by atoms with Crippen molar-refractivity contribution in [3.63, 3.8) is 0 Å². The Labute approximate surface area is 97.3 Å². The summed E-state index contributed by atoms with van der Waals surface area (Å²) in [4.78, 5) is 10.1. The van der Waals surface area contributed by atoms with E-state index in [2.05, 4.69) is 0 Å². The minimum Gasteiger partial charge on any atom is -0.399 e. The van der Waals surface area contributed by atoms with Gasteiger partial charge in [0.2, 0.25) is 0 Å². The van der Waals surface area contributed by atoms with E-state index >= 15 is 0 Å². The molecular formula is C10H14N2O5. The summed E-state index contributed by atoms with van der Waals surface area (Å²) in [6.45, 7) is -0.325. The number of hydrogen-bond donors (Lipinski definition) is 4. The number of nitro groups is 1. The molecule has 2 atom stereocenters. The first kappa shape index (κ1) is 13.4. The van der Waals surface area contributed by atoms with E-state index in [-0.39, 0.29) is 30.0 Å². The number of aliphatic hydroxyl groups excluding tert-OH is 3. The molecule has 0 spiro atoms. The first-order valence-electron chi connectivity index (χ1n) is 4.98. The number of aliphatic hydroxyl groups is 3. The molecule has 0 bridgehead atoms. The van der Waals surface area contributed by atoms with E-state index in [0.29, 0.717) is 0 Å². The van der Waals surface area contributed by atoms with Gasteiger partial charge in [0.25, 0.3) is 5.69 Å². The van der Waals surface area contributed by atoms with E-state index in [0.717, 1.165) is 0 Å². The van der Waals surface area contributed by atoms with Gasteiger partial charge in [-0.1, -0.05) is 0 Å². The first-order valence-corrected chi connectivity index (χ1v) is 4.98. The maximum absolute atomic E-state index is 10.7. The van der Waals surface area contributed by atoms with Crippen LogP contribution in [-0.4, -0.2) is 33.0 Å². The molecule has 0 aliphatic heterocycles. The highest BCUT2D eigenvalue weighted by Crippen LogP contribution is 2.29. The molecular weight excluding hydrogens is 228 g/mol. The fourth-order valence-corrected chi connectivity index (χ4v) is 1.47. The van der Waals surface area contributed by atoms with E-state index in [1.165, 1.54) is 18.2 Å². The number of hydrogen-bond acceptors (Lipinski definition) is 6. The lowest BCUT2D eigenvalue weighted by molar-refractivity contribution is -0.386. The molecule has 0 aliphatic rings. The molecule has 1 aromatic carbocycles. The molecule has 2 unspecified atom stereocenters. The maximum Gasteiger partial charge on any atom is 0.275 e. The molecule has 0 amide bonds. The zero-order valence-electron chi connectivity index (χ0n) is 8.98. The van der Waals surface area contributed by atoms with Gasteiger partial charge in [-0.25, -0.2) is 0 Å². The molecule has 7 heteroatoms. The largest absolute Gasteiger partial charge is 0.399 e. The van der Waals surface area contributed by atoms with Gasteiger partial charge in [0.05, 0.1) is 16.6 Å². The van der Waals surface area contributed by atoms with Crippen molar-refractivity contribution in [3.05, 3.63) is 33.9 Å². The Kier molecular flexibility index (Phi) is 4.38. The number of nitrogen functional groups attached to an aromatic ring is 1. The van der Waals surface area contributed by atoms with Crippen molar-refractivity contribution < 1.29 is 20.2 Å². The van der Waals surface area contributed by atoms with Crippen molar-refractivity contribution in [2.45, 2.75) is 18.6 Å². The molecule has 17 heavy (non-hydrogen) atoms. The van der Waals surface area contributed by atoms with Crippen molar-refractivity contribution in [1.29, 1.82) is 0 Å². The predicted molar refractivity (Wildman–Crippen MR) is 60.2 cm³/mol. The molecule has 7 nitrogen and oxygen atoms in total. The van der Waals surface area contributed by atoms with Gasteiger partial charge in [0, 0.05) is 18.4 Å². The normalized spacial score (nSPS) is 14.3. The Balaban J connectivity index is 3.10. The predicted octanol–water partition coefficient (Wildman–Crippen LogP) is -0.0463. The van der Waals surface area contributed by atoms with Crippen LogP contribution in [0, 0.1) is 10.1 Å². The van der Waals surface area contributed by atoms with Crippen LogP contribution in [0.5, 0.6) is 0 Å². The molecule has 0 aliphatic carbocycles. The summed E-state index contributed by atoms with van der Waals surface area (Å²) in [5, 5.41) is 38.6. The molecule has 0 saturated heterocycles. The molecule has 94 valence electrons. The average molecular weight is 242 g/mol. The number of benzene rings is 1. The standard InChI is InChI=1S/C10H14N2O5/c11-6-1-2-8(12(16)17)7(5-6)10(15)9(14)3-4-13/h1-2,5,9-10,13-15H,3-4,11H2. The third kappa shape index (κ3) is 3.13. The molecule has 1 rings (SSSR count). The van der Waals surface area contributed by atoms with Crippen molar-refractivity contribution in [2.75, 3.05) is 12.3 Å². The van der Waals surface area contributed by atoms with Crippen molar-refractivity contribution in [1.82, 2.24) is 0 Å². The van der Waals surface area contributed by atoms with Crippen LogP contribution in [0.4, 0.5) is 11.4 Å². The fraction of sp³-hybridized carbons (Fsp3) is 0.400. The van der Waals surface area contributed by atoms with Gasteiger partial charge in [0.15, 0.2) is 0 Å². The van der Waals surface area contributed by atoms with Crippen molar-refractivity contribution in [2.24, 2.45) is 0 Å². The summed E-state index contributed by atoms with van der Waals surface area (Å²) in [7, 11) is 0. The number of nitrogens with zero attached hydrogens (tertiary/aromatic N) is 1. The second-order valence-corrected chi connectivity index (χ2v) is 3.60. The van der Waals surface area contributed by atoms with Gasteiger partial charge in [-0.3, -0.25) is 10.1 Å². The SMILES string of the molecule is Nc1ccc([N+](=O)[O-])c(C(O)C(O)CCO)c1. The maximum atomic E-state index is 10.7. The zero-order valence-corrected chi connectivity index (χ0v) is 8.98. The van der Waals surface area contributed by atoms with Gasteiger partial charge in [-0.2, -0.15) is 0 Å². The molecule has 0 fully saturated rings. The lowest BCUT2D eigenvalue weighted by Crippen LogP contribution is -2.20. The summed E-state index contributed by atoms with van der Waals surface area (Å²) in [5.74, 6) is 0. The topological polar surface area (TPSA) is 130 Å². The van der Waals surface area contributed by atoms with E-state index in [4.69, 9.17) is 10.8 Å². The van der Waals surface area contributed by atoms with Crippen LogP contribution in [0.25, 0.3) is 0 Å². The molecule has 0 aromatic heterocycles. The van der Waals surface area contributed by atoms with Gasteiger partial charge >= 0.3 is 0 Å². The Morgan fingerprint density at radius 3 is 2.59 bits per heavy atom. The van der Waals surface area contributed by atoms with Crippen molar-refractivity contribution in [3.8, 4) is 0 Å². The van der Waals surface area contributed by atoms with Crippen LogP contribution in [0.3, 0.4) is 0 Å². The van der Waals surface area contributed by atoms with E-state index in [1.807, 2.05) is 0 Å². The van der Waals surface area contributed by atoms with Crippen LogP contribution in [0.15, 0.2) is 18.2 Å². The van der Waals surface area contributed by atoms with Gasteiger partial charge in [0.1, 0.15) is 6.10 Å². The molecule has 0 saturated carbocycles. The van der Waals surface area contributed by atoms with Gasteiger partial charge in [-0.05, 0) is 18.6 Å². The quantitative estimate of drug-likeness (QED) is 0.325. The van der Waals surface area contributed by atoms with Crippen LogP contribution >= 0.6 is 0 Å². The monoisotopic (exact) mass is 242 g/mol. The van der Waals surface area contributed by atoms with Crippen LogP contribution in [0.1, 0.15) is 18.1 Å². The summed E-state index contributed by atoms with van der Waals surface area (Å²) in [6, 6.07) is 3.75. The number of nitro benzene ring substituents is 1. The third-order valence-corrected chi connectivity index (χ3v) is 2.36. The smallest absolute Gasteiger partial charge is 0.275 e. The minimum atomic E-state index is -1.45. The van der Waals surface area contributed by atoms with Crippen LogP contribution in [-0.2, 0) is 0 Å². The fourth-order valence-electron chi connectivity index (χ4n) is 1.47. The second-order valence-electron chi connectivity index (χ2n) is 3.60. The summed E-state index contributed by atoms with van der Waals surface area (Å²) < 4.78 is 0. The summed E-state index contributed by atoms with van der Waals surface area (Å²) in [5.41, 5.74) is 5.35. The molecule has 0 heterocycles. The highest BCUT2D eigenvalue weighted by atomic mass is 16.6. The van der Waals surface area contributed by atoms with Crippen LogP contribution in [0.2, 0.25) is 0 Å². The Morgan fingerprint density at radius 1 is 1.41 bits per heavy atom. The zero-order chi connectivity index (χ0) is 13.0. The minimum absolute atomic E-state index is 0.0593. The van der Waals surface area contributed by atoms with Gasteiger partial charge in [-0.15, -0.1) is 0 Å². The third-order valence-electron chi connectivity index (χ3n) is 2.36. The van der Waals surface area contributed by atoms with E-state index in [1.54, 1.807) is 0 Å². The second kappa shape index (κ2) is 5.58. The van der Waals surface area contributed by atoms with Gasteiger partial charge < -0.3 is 21.1 Å². The summed E-state index contributed by atoms with van der Waals surface area (Å²) in [6.07, 6.45) is -2.81. The van der Waals surface area contributed by atoms with Crippen molar-refractivity contribution >= 4 is 11.4 Å². The number of anilines is 1. The Morgan fingerprint density at radius 2 is 2.06 bits per heavy atom. The molecule has 0 radical (unpaired) electrons. The first-order chi connectivity index (χ1) is 7.97. The highest BCUT2D eigenvalue weighted by molar-refractivity contribution is 5.52. The van der Waals surface area contributed by atoms with Crippen LogP contribution < -0.4 is 5.73 Å². The molecule has 5 N–H and O–H groups in total. The Bertz CT molecular complexity index is 410.